The smallest absolute Gasteiger partial charge is 0.290 e. The Balaban J connectivity index is 0.000000878. The molecule has 1 aliphatic rings. The first-order valence-corrected chi connectivity index (χ1v) is 10.4. The van der Waals surface area contributed by atoms with Gasteiger partial charge in [0.05, 0.1) is 12.0 Å². The van der Waals surface area contributed by atoms with Crippen molar-refractivity contribution in [2.45, 2.75) is 17.7 Å². The van der Waals surface area contributed by atoms with Crippen molar-refractivity contribution in [3.63, 3.8) is 0 Å². The summed E-state index contributed by atoms with van der Waals surface area (Å²) in [5.74, 6) is 0.471. The Kier molecular flexibility index (Phi) is 8.37. The second-order valence-corrected chi connectivity index (χ2v) is 7.91. The molecule has 2 N–H and O–H groups in total. The molecule has 0 unspecified atom stereocenters. The molecule has 152 valence electrons. The van der Waals surface area contributed by atoms with Gasteiger partial charge in [-0.25, -0.2) is 18.1 Å². The minimum absolute atomic E-state index is 0.248. The molecule has 2 heterocycles. The number of ether oxygens (including phenoxy) is 1. The molecular weight excluding hydrogens is 382 g/mol. The van der Waals surface area contributed by atoms with E-state index < -0.39 is 10.0 Å². The molecule has 3 rings (SSSR count). The topological polar surface area (TPSA) is 109 Å². The van der Waals surface area contributed by atoms with E-state index in [9.17, 15) is 8.42 Å². The second kappa shape index (κ2) is 10.7. The molecule has 1 aromatic carbocycles. The first-order valence-electron chi connectivity index (χ1n) is 8.91. The maximum atomic E-state index is 12.6. The standard InChI is InChI=1S/C18H23N3O3S.CH2O2/c1-24-18-17(8-5-9-19-18)15-6-4-7-16(14-15)25(22,23)20-10-13-21-11-2-3-12-21;2-1-3/h4-9,14,20H,2-3,10-13H2,1H3;1H,(H,2,3). The number of likely N-dealkylation sites (tertiary alicyclic amines) is 1. The van der Waals surface area contributed by atoms with Crippen molar-refractivity contribution in [2.24, 2.45) is 0 Å². The number of nitrogens with one attached hydrogen (secondary N) is 1. The SMILES string of the molecule is COc1ncccc1-c1cccc(S(=O)(=O)NCCN2CCCC2)c1.O=CO. The van der Waals surface area contributed by atoms with E-state index in [1.165, 1.54) is 12.8 Å². The van der Waals surface area contributed by atoms with Crippen LogP contribution in [0.4, 0.5) is 0 Å². The molecule has 1 aromatic heterocycles. The first-order chi connectivity index (χ1) is 13.5. The van der Waals surface area contributed by atoms with Gasteiger partial charge in [-0.1, -0.05) is 12.1 Å². The molecule has 1 aliphatic heterocycles. The monoisotopic (exact) mass is 407 g/mol. The van der Waals surface area contributed by atoms with Crippen molar-refractivity contribution in [1.82, 2.24) is 14.6 Å². The Morgan fingerprint density at radius 3 is 2.64 bits per heavy atom. The zero-order valence-corrected chi connectivity index (χ0v) is 16.6. The third-order valence-corrected chi connectivity index (χ3v) is 5.80. The van der Waals surface area contributed by atoms with E-state index in [2.05, 4.69) is 14.6 Å². The number of sulfonamides is 1. The number of rotatable bonds is 7. The highest BCUT2D eigenvalue weighted by Gasteiger charge is 2.17. The Bertz CT molecular complexity index is 867. The second-order valence-electron chi connectivity index (χ2n) is 6.14. The number of methoxy groups -OCH3 is 1. The number of hydrogen-bond donors (Lipinski definition) is 2. The van der Waals surface area contributed by atoms with E-state index in [-0.39, 0.29) is 11.4 Å². The Morgan fingerprint density at radius 2 is 1.96 bits per heavy atom. The van der Waals surface area contributed by atoms with E-state index >= 15 is 0 Å². The summed E-state index contributed by atoms with van der Waals surface area (Å²) < 4.78 is 33.1. The number of nitrogens with zero attached hydrogens (tertiary/aromatic N) is 2. The van der Waals surface area contributed by atoms with Crippen LogP contribution < -0.4 is 9.46 Å². The highest BCUT2D eigenvalue weighted by atomic mass is 32.2. The Hall–Kier alpha value is -2.49. The number of hydrogen-bond acceptors (Lipinski definition) is 6. The summed E-state index contributed by atoms with van der Waals surface area (Å²) in [7, 11) is -1.99. The van der Waals surface area contributed by atoms with E-state index in [1.807, 2.05) is 12.1 Å². The van der Waals surface area contributed by atoms with Gasteiger partial charge in [0.15, 0.2) is 0 Å². The minimum atomic E-state index is -3.54. The van der Waals surface area contributed by atoms with Crippen molar-refractivity contribution >= 4 is 16.5 Å². The molecule has 0 atom stereocenters. The molecule has 0 radical (unpaired) electrons. The fraction of sp³-hybridized carbons (Fsp3) is 0.368. The van der Waals surface area contributed by atoms with E-state index in [0.717, 1.165) is 30.8 Å². The number of carboxylic acid groups (broad SMARTS) is 1. The lowest BCUT2D eigenvalue weighted by Crippen LogP contribution is -2.33. The maximum Gasteiger partial charge on any atom is 0.290 e. The van der Waals surface area contributed by atoms with Crippen LogP contribution in [0.2, 0.25) is 0 Å². The van der Waals surface area contributed by atoms with Crippen molar-refractivity contribution in [2.75, 3.05) is 33.3 Å². The lowest BCUT2D eigenvalue weighted by atomic mass is 10.1. The van der Waals surface area contributed by atoms with Crippen LogP contribution in [0.25, 0.3) is 11.1 Å². The lowest BCUT2D eigenvalue weighted by Gasteiger charge is -2.15. The van der Waals surface area contributed by atoms with Crippen LogP contribution in [-0.2, 0) is 14.8 Å². The molecule has 9 heteroatoms. The molecule has 28 heavy (non-hydrogen) atoms. The third kappa shape index (κ3) is 6.01. The first kappa shape index (κ1) is 21.8. The molecule has 0 amide bonds. The van der Waals surface area contributed by atoms with Crippen LogP contribution >= 0.6 is 0 Å². The number of pyridine rings is 1. The number of aromatic nitrogens is 1. The molecule has 8 nitrogen and oxygen atoms in total. The summed E-state index contributed by atoms with van der Waals surface area (Å²) in [5.41, 5.74) is 1.52. The third-order valence-electron chi connectivity index (χ3n) is 4.34. The highest BCUT2D eigenvalue weighted by Crippen LogP contribution is 2.28. The zero-order chi connectivity index (χ0) is 20.4. The molecular formula is C19H25N3O5S. The molecule has 0 spiro atoms. The highest BCUT2D eigenvalue weighted by molar-refractivity contribution is 7.89. The summed E-state index contributed by atoms with van der Waals surface area (Å²) in [6.45, 7) is 3.02. The Labute approximate surface area is 165 Å². The fourth-order valence-electron chi connectivity index (χ4n) is 3.03. The predicted molar refractivity (Wildman–Crippen MR) is 106 cm³/mol. The Morgan fingerprint density at radius 1 is 1.25 bits per heavy atom. The van der Waals surface area contributed by atoms with Crippen LogP contribution in [-0.4, -0.2) is 63.2 Å². The van der Waals surface area contributed by atoms with Crippen LogP contribution in [0, 0.1) is 0 Å². The van der Waals surface area contributed by atoms with Gasteiger partial charge in [0.2, 0.25) is 15.9 Å². The maximum absolute atomic E-state index is 12.6. The number of benzene rings is 1. The van der Waals surface area contributed by atoms with Gasteiger partial charge in [-0.15, -0.1) is 0 Å². The van der Waals surface area contributed by atoms with Gasteiger partial charge >= 0.3 is 0 Å². The van der Waals surface area contributed by atoms with Crippen molar-refractivity contribution in [3.05, 3.63) is 42.6 Å². The van der Waals surface area contributed by atoms with Gasteiger partial charge < -0.3 is 14.7 Å². The molecule has 1 fully saturated rings. The molecule has 0 aliphatic carbocycles. The van der Waals surface area contributed by atoms with Crippen LogP contribution in [0.5, 0.6) is 5.88 Å². The molecule has 2 aromatic rings. The largest absolute Gasteiger partial charge is 0.483 e. The van der Waals surface area contributed by atoms with Gasteiger partial charge in [0.1, 0.15) is 0 Å². The van der Waals surface area contributed by atoms with Gasteiger partial charge in [0.25, 0.3) is 6.47 Å². The van der Waals surface area contributed by atoms with Crippen LogP contribution in [0.3, 0.4) is 0 Å². The average Bonchev–Trinajstić information content (AvgIpc) is 3.22. The normalized spacial score (nSPS) is 14.2. The van der Waals surface area contributed by atoms with E-state index in [1.54, 1.807) is 37.6 Å². The molecule has 1 saturated heterocycles. The zero-order valence-electron chi connectivity index (χ0n) is 15.7. The van der Waals surface area contributed by atoms with Crippen LogP contribution in [0.1, 0.15) is 12.8 Å². The van der Waals surface area contributed by atoms with E-state index in [0.29, 0.717) is 12.4 Å². The summed E-state index contributed by atoms with van der Waals surface area (Å²) >= 11 is 0. The lowest BCUT2D eigenvalue weighted by molar-refractivity contribution is -0.122. The average molecular weight is 407 g/mol. The summed E-state index contributed by atoms with van der Waals surface area (Å²) in [4.78, 5) is 15.1. The fourth-order valence-corrected chi connectivity index (χ4v) is 4.10. The van der Waals surface area contributed by atoms with Crippen molar-refractivity contribution in [1.29, 1.82) is 0 Å². The summed E-state index contributed by atoms with van der Waals surface area (Å²) in [6.07, 6.45) is 4.03. The molecule has 0 saturated carbocycles. The predicted octanol–water partition coefficient (Wildman–Crippen LogP) is 1.83. The summed E-state index contributed by atoms with van der Waals surface area (Å²) in [5, 5.41) is 6.89. The number of carbonyl (C=O) groups is 1. The minimum Gasteiger partial charge on any atom is -0.483 e. The van der Waals surface area contributed by atoms with Gasteiger partial charge in [-0.05, 0) is 55.8 Å². The molecule has 0 bridgehead atoms. The van der Waals surface area contributed by atoms with Gasteiger partial charge in [-0.2, -0.15) is 0 Å². The van der Waals surface area contributed by atoms with Crippen molar-refractivity contribution < 1.29 is 23.1 Å². The quantitative estimate of drug-likeness (QED) is 0.674. The summed E-state index contributed by atoms with van der Waals surface area (Å²) in [6, 6.07) is 10.5. The van der Waals surface area contributed by atoms with Crippen molar-refractivity contribution in [3.8, 4) is 17.0 Å². The van der Waals surface area contributed by atoms with Crippen LogP contribution in [0.15, 0.2) is 47.5 Å². The van der Waals surface area contributed by atoms with Gasteiger partial charge in [0, 0.05) is 24.8 Å². The van der Waals surface area contributed by atoms with Gasteiger partial charge in [-0.3, -0.25) is 4.79 Å². The van der Waals surface area contributed by atoms with E-state index in [4.69, 9.17) is 14.6 Å².